The van der Waals surface area contributed by atoms with Crippen LogP contribution in [-0.4, -0.2) is 49.4 Å². The predicted molar refractivity (Wildman–Crippen MR) is 95.8 cm³/mol. The van der Waals surface area contributed by atoms with E-state index in [1.807, 2.05) is 44.2 Å². The van der Waals surface area contributed by atoms with Crippen molar-refractivity contribution in [2.45, 2.75) is 33.1 Å². The first-order valence-electron chi connectivity index (χ1n) is 8.62. The number of rotatable bonds is 9. The van der Waals surface area contributed by atoms with E-state index in [4.69, 9.17) is 0 Å². The average molecular weight is 348 g/mol. The van der Waals surface area contributed by atoms with Crippen molar-refractivity contribution >= 4 is 17.8 Å². The lowest BCUT2D eigenvalue weighted by Crippen LogP contribution is -2.45. The van der Waals surface area contributed by atoms with Crippen LogP contribution in [0.4, 0.5) is 0 Å². The second-order valence-electron chi connectivity index (χ2n) is 6.32. The van der Waals surface area contributed by atoms with Gasteiger partial charge >= 0.3 is 17.8 Å². The Morgan fingerprint density at radius 3 is 2.44 bits per heavy atom. The minimum absolute atomic E-state index is 0.0796. The van der Waals surface area contributed by atoms with Gasteiger partial charge in [-0.1, -0.05) is 44.2 Å². The maximum absolute atomic E-state index is 12.3. The number of ether oxygens (including phenoxy) is 1. The highest BCUT2D eigenvalue weighted by Crippen LogP contribution is 2.03. The number of carbonyl (C=O) groups excluding carboxylic acids is 3. The Labute approximate surface area is 149 Å². The molecule has 6 nitrogen and oxygen atoms in total. The van der Waals surface area contributed by atoms with Gasteiger partial charge in [0.2, 0.25) is 0 Å². The van der Waals surface area contributed by atoms with Crippen LogP contribution in [0.25, 0.3) is 0 Å². The molecule has 0 aliphatic heterocycles. The van der Waals surface area contributed by atoms with Crippen LogP contribution in [0.15, 0.2) is 30.3 Å². The molecule has 0 fully saturated rings. The molecular weight excluding hydrogens is 320 g/mol. The summed E-state index contributed by atoms with van der Waals surface area (Å²) in [4.78, 5) is 37.1. The van der Waals surface area contributed by atoms with Crippen molar-refractivity contribution in [3.8, 4) is 0 Å². The molecule has 0 spiro atoms. The van der Waals surface area contributed by atoms with E-state index in [0.29, 0.717) is 13.1 Å². The fourth-order valence-corrected chi connectivity index (χ4v) is 2.40. The van der Waals surface area contributed by atoms with E-state index in [-0.39, 0.29) is 18.9 Å². The summed E-state index contributed by atoms with van der Waals surface area (Å²) in [6.07, 6.45) is 1.68. The Balaban J connectivity index is 2.43. The van der Waals surface area contributed by atoms with Gasteiger partial charge in [0.25, 0.3) is 0 Å². The van der Waals surface area contributed by atoms with E-state index in [1.165, 1.54) is 17.6 Å². The maximum Gasteiger partial charge on any atom is 0.311 e. The highest BCUT2D eigenvalue weighted by molar-refractivity contribution is 6.35. The Hall–Kier alpha value is -2.37. The summed E-state index contributed by atoms with van der Waals surface area (Å²) in [7, 11) is 1.30. The van der Waals surface area contributed by atoms with Crippen molar-refractivity contribution < 1.29 is 19.1 Å². The van der Waals surface area contributed by atoms with Crippen molar-refractivity contribution in [1.29, 1.82) is 0 Å². The second-order valence-corrected chi connectivity index (χ2v) is 6.32. The molecule has 1 aromatic rings. The van der Waals surface area contributed by atoms with Gasteiger partial charge in [0.1, 0.15) is 0 Å². The van der Waals surface area contributed by atoms with Crippen LogP contribution < -0.4 is 5.32 Å². The summed E-state index contributed by atoms with van der Waals surface area (Å²) in [5, 5.41) is 2.66. The molecule has 0 saturated heterocycles. The van der Waals surface area contributed by atoms with Crippen molar-refractivity contribution in [2.24, 2.45) is 5.92 Å². The van der Waals surface area contributed by atoms with Crippen LogP contribution in [0.1, 0.15) is 32.3 Å². The summed E-state index contributed by atoms with van der Waals surface area (Å²) >= 11 is 0. The lowest BCUT2D eigenvalue weighted by atomic mass is 10.1. The fraction of sp³-hybridized carbons (Fsp3) is 0.526. The zero-order chi connectivity index (χ0) is 18.7. The molecule has 0 aromatic heterocycles. The van der Waals surface area contributed by atoms with Gasteiger partial charge < -0.3 is 15.0 Å². The molecule has 0 heterocycles. The molecule has 2 amide bonds. The molecule has 0 saturated carbocycles. The van der Waals surface area contributed by atoms with Crippen LogP contribution in [0.5, 0.6) is 0 Å². The maximum atomic E-state index is 12.3. The van der Waals surface area contributed by atoms with Crippen LogP contribution in [0.3, 0.4) is 0 Å². The number of nitrogens with zero attached hydrogens (tertiary/aromatic N) is 1. The summed E-state index contributed by atoms with van der Waals surface area (Å²) in [5.41, 5.74) is 1.20. The Morgan fingerprint density at radius 1 is 1.16 bits per heavy atom. The van der Waals surface area contributed by atoms with Crippen LogP contribution >= 0.6 is 0 Å². The number of hydrogen-bond donors (Lipinski definition) is 1. The average Bonchev–Trinajstić information content (AvgIpc) is 2.61. The van der Waals surface area contributed by atoms with E-state index in [9.17, 15) is 14.4 Å². The van der Waals surface area contributed by atoms with Crippen molar-refractivity contribution in [1.82, 2.24) is 10.2 Å². The highest BCUT2D eigenvalue weighted by Gasteiger charge is 2.22. The topological polar surface area (TPSA) is 75.7 Å². The van der Waals surface area contributed by atoms with E-state index < -0.39 is 17.8 Å². The number of esters is 1. The van der Waals surface area contributed by atoms with Gasteiger partial charge in [0.15, 0.2) is 0 Å². The van der Waals surface area contributed by atoms with Gasteiger partial charge in [0, 0.05) is 19.6 Å². The van der Waals surface area contributed by atoms with Gasteiger partial charge in [-0.2, -0.15) is 0 Å². The number of amides is 2. The Morgan fingerprint density at radius 2 is 1.84 bits per heavy atom. The normalized spacial score (nSPS) is 10.4. The third-order valence-electron chi connectivity index (χ3n) is 3.65. The summed E-state index contributed by atoms with van der Waals surface area (Å²) < 4.78 is 4.59. The molecule has 0 aliphatic rings. The van der Waals surface area contributed by atoms with Gasteiger partial charge in [-0.25, -0.2) is 0 Å². The molecule has 1 N–H and O–H groups in total. The van der Waals surface area contributed by atoms with Crippen LogP contribution in [0.2, 0.25) is 0 Å². The molecule has 0 unspecified atom stereocenters. The van der Waals surface area contributed by atoms with E-state index >= 15 is 0 Å². The summed E-state index contributed by atoms with van der Waals surface area (Å²) in [6, 6.07) is 9.97. The largest absolute Gasteiger partial charge is 0.469 e. The zero-order valence-electron chi connectivity index (χ0n) is 15.3. The van der Waals surface area contributed by atoms with E-state index in [0.717, 1.165) is 12.8 Å². The third-order valence-corrected chi connectivity index (χ3v) is 3.65. The first kappa shape index (κ1) is 20.7. The van der Waals surface area contributed by atoms with Gasteiger partial charge in [-0.05, 0) is 24.3 Å². The SMILES string of the molecule is COC(=O)CCN(CC(C)C)C(=O)C(=O)NCCCc1ccccc1. The van der Waals surface area contributed by atoms with Gasteiger partial charge in [-0.15, -0.1) is 0 Å². The number of hydrogen-bond acceptors (Lipinski definition) is 4. The van der Waals surface area contributed by atoms with Crippen molar-refractivity contribution in [3.63, 3.8) is 0 Å². The second kappa shape index (κ2) is 11.2. The van der Waals surface area contributed by atoms with Crippen molar-refractivity contribution in [2.75, 3.05) is 26.7 Å². The first-order chi connectivity index (χ1) is 11.9. The van der Waals surface area contributed by atoms with Crippen LogP contribution in [-0.2, 0) is 25.5 Å². The summed E-state index contributed by atoms with van der Waals surface area (Å²) in [5.74, 6) is -1.42. The number of nitrogens with one attached hydrogen (secondary N) is 1. The monoisotopic (exact) mass is 348 g/mol. The lowest BCUT2D eigenvalue weighted by molar-refractivity contribution is -0.147. The summed E-state index contributed by atoms with van der Waals surface area (Å²) in [6.45, 7) is 4.95. The minimum atomic E-state index is -0.626. The number of carbonyl (C=O) groups is 3. The molecule has 138 valence electrons. The molecule has 0 bridgehead atoms. The third kappa shape index (κ3) is 8.33. The van der Waals surface area contributed by atoms with Crippen molar-refractivity contribution in [3.05, 3.63) is 35.9 Å². The smallest absolute Gasteiger partial charge is 0.311 e. The molecule has 25 heavy (non-hydrogen) atoms. The molecule has 0 radical (unpaired) electrons. The van der Waals surface area contributed by atoms with E-state index in [1.54, 1.807) is 0 Å². The molecule has 1 aromatic carbocycles. The molecule has 6 heteroatoms. The minimum Gasteiger partial charge on any atom is -0.469 e. The number of aryl methyl sites for hydroxylation is 1. The van der Waals surface area contributed by atoms with E-state index in [2.05, 4.69) is 10.1 Å². The van der Waals surface area contributed by atoms with Gasteiger partial charge in [-0.3, -0.25) is 14.4 Å². The Kier molecular flexibility index (Phi) is 9.29. The predicted octanol–water partition coefficient (Wildman–Crippen LogP) is 1.78. The first-order valence-corrected chi connectivity index (χ1v) is 8.62. The number of benzene rings is 1. The van der Waals surface area contributed by atoms with Crippen LogP contribution in [0, 0.1) is 5.92 Å². The molecule has 0 aliphatic carbocycles. The number of methoxy groups -OCH3 is 1. The lowest BCUT2D eigenvalue weighted by Gasteiger charge is -2.23. The quantitative estimate of drug-likeness (QED) is 0.419. The molecule has 0 atom stereocenters. The highest BCUT2D eigenvalue weighted by atomic mass is 16.5. The Bertz CT molecular complexity index is 558. The molecule has 1 rings (SSSR count). The standard InChI is InChI=1S/C19H28N2O4/c1-15(2)14-21(13-11-17(22)25-3)19(24)18(23)20-12-7-10-16-8-5-4-6-9-16/h4-6,8-9,15H,7,10-14H2,1-3H3,(H,20,23). The molecular formula is C19H28N2O4. The zero-order valence-corrected chi connectivity index (χ0v) is 15.3. The van der Waals surface area contributed by atoms with Gasteiger partial charge in [0.05, 0.1) is 13.5 Å². The fourth-order valence-electron chi connectivity index (χ4n) is 2.40.